The fourth-order valence-electron chi connectivity index (χ4n) is 3.51. The number of carbonyl (C=O) groups excluding carboxylic acids is 1. The topological polar surface area (TPSA) is 68.5 Å². The molecule has 0 aliphatic rings. The molecule has 1 heterocycles. The van der Waals surface area contributed by atoms with E-state index in [0.29, 0.717) is 44.9 Å². The molecule has 1 unspecified atom stereocenters. The van der Waals surface area contributed by atoms with E-state index in [1.807, 2.05) is 13.0 Å². The Bertz CT molecular complexity index is 1020. The molecule has 1 N–H and O–H groups in total. The number of carboxylic acids is 1. The predicted molar refractivity (Wildman–Crippen MR) is 105 cm³/mol. The fourth-order valence-corrected chi connectivity index (χ4v) is 3.74. The Morgan fingerprint density at radius 3 is 2.44 bits per heavy atom. The van der Waals surface area contributed by atoms with Crippen molar-refractivity contribution in [2.75, 3.05) is 7.11 Å². The number of hydrogen-bond acceptors (Lipinski definition) is 3. The van der Waals surface area contributed by atoms with Crippen LogP contribution in [0.5, 0.6) is 5.75 Å². The summed E-state index contributed by atoms with van der Waals surface area (Å²) in [7, 11) is 1.50. The highest BCUT2D eigenvalue weighted by Gasteiger charge is 2.29. The molecule has 0 aliphatic carbocycles. The third-order valence-corrected chi connectivity index (χ3v) is 5.10. The summed E-state index contributed by atoms with van der Waals surface area (Å²) in [4.78, 5) is 25.0. The van der Waals surface area contributed by atoms with Crippen LogP contribution in [0.25, 0.3) is 10.9 Å². The lowest BCUT2D eigenvalue weighted by Crippen LogP contribution is -2.16. The molecule has 3 rings (SSSR count). The van der Waals surface area contributed by atoms with Gasteiger partial charge in [0.15, 0.2) is 0 Å². The standard InChI is InChI=1S/C21H20ClNO4/c1-4-14(21(25)26)19-12(2)23(20(24)13-8-6-5-7-9-13)17-11-16(22)18(27-3)10-15(17)19/h5-11,14H,4H2,1-3H3,(H,25,26). The number of aromatic nitrogens is 1. The fraction of sp³-hybridized carbons (Fsp3) is 0.238. The van der Waals surface area contributed by atoms with Crippen molar-refractivity contribution >= 4 is 34.4 Å². The Balaban J connectivity index is 2.37. The van der Waals surface area contributed by atoms with Crippen LogP contribution in [0, 0.1) is 6.92 Å². The van der Waals surface area contributed by atoms with E-state index in [0.717, 1.165) is 0 Å². The molecule has 5 nitrogen and oxygen atoms in total. The van der Waals surface area contributed by atoms with E-state index < -0.39 is 11.9 Å². The van der Waals surface area contributed by atoms with E-state index in [9.17, 15) is 14.7 Å². The molecule has 1 aromatic heterocycles. The van der Waals surface area contributed by atoms with Crippen molar-refractivity contribution in [1.29, 1.82) is 0 Å². The van der Waals surface area contributed by atoms with Gasteiger partial charge in [0.25, 0.3) is 5.91 Å². The first-order chi connectivity index (χ1) is 12.9. The van der Waals surface area contributed by atoms with Crippen LogP contribution in [-0.2, 0) is 4.79 Å². The summed E-state index contributed by atoms with van der Waals surface area (Å²) in [5.74, 6) is -1.45. The maximum Gasteiger partial charge on any atom is 0.311 e. The van der Waals surface area contributed by atoms with Crippen LogP contribution in [-0.4, -0.2) is 28.7 Å². The quantitative estimate of drug-likeness (QED) is 0.679. The molecule has 0 fully saturated rings. The lowest BCUT2D eigenvalue weighted by atomic mass is 9.94. The van der Waals surface area contributed by atoms with Gasteiger partial charge in [0, 0.05) is 16.6 Å². The van der Waals surface area contributed by atoms with E-state index >= 15 is 0 Å². The number of rotatable bonds is 5. The zero-order chi connectivity index (χ0) is 19.7. The van der Waals surface area contributed by atoms with E-state index in [2.05, 4.69) is 0 Å². The van der Waals surface area contributed by atoms with Crippen LogP contribution in [0.2, 0.25) is 5.02 Å². The monoisotopic (exact) mass is 385 g/mol. The zero-order valence-electron chi connectivity index (χ0n) is 15.3. The Kier molecular flexibility index (Phi) is 5.24. The Morgan fingerprint density at radius 2 is 1.89 bits per heavy atom. The average molecular weight is 386 g/mol. The van der Waals surface area contributed by atoms with E-state index in [4.69, 9.17) is 16.3 Å². The Labute approximate surface area is 162 Å². The molecular formula is C21H20ClNO4. The first kappa shape index (κ1) is 19.0. The molecule has 3 aromatic rings. The SMILES string of the molecule is CCC(C(=O)O)c1c(C)n(C(=O)c2ccccc2)c2cc(Cl)c(OC)cc12. The normalized spacial score (nSPS) is 12.1. The molecule has 140 valence electrons. The van der Waals surface area contributed by atoms with E-state index in [-0.39, 0.29) is 5.91 Å². The molecule has 0 spiro atoms. The first-order valence-electron chi connectivity index (χ1n) is 8.61. The third-order valence-electron chi connectivity index (χ3n) is 4.81. The van der Waals surface area contributed by atoms with Crippen LogP contribution in [0.3, 0.4) is 0 Å². The lowest BCUT2D eigenvalue weighted by Gasteiger charge is -2.12. The van der Waals surface area contributed by atoms with Gasteiger partial charge in [0.1, 0.15) is 5.75 Å². The molecule has 27 heavy (non-hydrogen) atoms. The molecule has 0 saturated heterocycles. The minimum absolute atomic E-state index is 0.231. The number of carbonyl (C=O) groups is 2. The number of nitrogens with zero attached hydrogens (tertiary/aromatic N) is 1. The van der Waals surface area contributed by atoms with Gasteiger partial charge in [-0.25, -0.2) is 0 Å². The maximum atomic E-state index is 13.2. The van der Waals surface area contributed by atoms with Gasteiger partial charge in [-0.2, -0.15) is 0 Å². The second-order valence-electron chi connectivity index (χ2n) is 6.31. The molecule has 6 heteroatoms. The van der Waals surface area contributed by atoms with Crippen LogP contribution < -0.4 is 4.74 Å². The summed E-state index contributed by atoms with van der Waals surface area (Å²) in [5, 5.41) is 10.7. The summed E-state index contributed by atoms with van der Waals surface area (Å²) in [5.41, 5.74) is 2.29. The Hall–Kier alpha value is -2.79. The summed E-state index contributed by atoms with van der Waals surface area (Å²) in [6.45, 7) is 3.58. The highest BCUT2D eigenvalue weighted by atomic mass is 35.5. The Morgan fingerprint density at radius 1 is 1.22 bits per heavy atom. The van der Waals surface area contributed by atoms with Gasteiger partial charge in [-0.3, -0.25) is 14.2 Å². The van der Waals surface area contributed by atoms with Crippen molar-refractivity contribution in [2.24, 2.45) is 0 Å². The van der Waals surface area contributed by atoms with Crippen LogP contribution in [0.15, 0.2) is 42.5 Å². The number of hydrogen-bond donors (Lipinski definition) is 1. The molecule has 1 atom stereocenters. The van der Waals surface area contributed by atoms with Crippen LogP contribution in [0.1, 0.15) is 40.9 Å². The van der Waals surface area contributed by atoms with Gasteiger partial charge in [0.2, 0.25) is 0 Å². The predicted octanol–water partition coefficient (Wildman–Crippen LogP) is 4.88. The maximum absolute atomic E-state index is 13.2. The molecular weight excluding hydrogens is 366 g/mol. The second kappa shape index (κ2) is 7.45. The minimum Gasteiger partial charge on any atom is -0.495 e. The smallest absolute Gasteiger partial charge is 0.311 e. The number of halogens is 1. The number of carboxylic acid groups (broad SMARTS) is 1. The van der Waals surface area contributed by atoms with Crippen LogP contribution in [0.4, 0.5) is 0 Å². The van der Waals surface area contributed by atoms with Gasteiger partial charge in [-0.15, -0.1) is 0 Å². The number of benzene rings is 2. The third kappa shape index (κ3) is 3.19. The van der Waals surface area contributed by atoms with Crippen molar-refractivity contribution < 1.29 is 19.4 Å². The molecule has 0 aliphatic heterocycles. The van der Waals surface area contributed by atoms with Gasteiger partial charge < -0.3 is 9.84 Å². The first-order valence-corrected chi connectivity index (χ1v) is 8.99. The number of methoxy groups -OCH3 is 1. The van der Waals surface area contributed by atoms with Crippen molar-refractivity contribution in [2.45, 2.75) is 26.2 Å². The van der Waals surface area contributed by atoms with Gasteiger partial charge >= 0.3 is 5.97 Å². The van der Waals surface area contributed by atoms with E-state index in [1.165, 1.54) is 11.7 Å². The van der Waals surface area contributed by atoms with Crippen molar-refractivity contribution in [3.8, 4) is 5.75 Å². The van der Waals surface area contributed by atoms with Gasteiger partial charge in [-0.05, 0) is 43.2 Å². The summed E-state index contributed by atoms with van der Waals surface area (Å²) >= 11 is 6.30. The van der Waals surface area contributed by atoms with Crippen molar-refractivity contribution in [3.63, 3.8) is 0 Å². The number of ether oxygens (including phenoxy) is 1. The number of aliphatic carboxylic acids is 1. The highest BCUT2D eigenvalue weighted by molar-refractivity contribution is 6.33. The van der Waals surface area contributed by atoms with Gasteiger partial charge in [0.05, 0.1) is 23.6 Å². The van der Waals surface area contributed by atoms with Gasteiger partial charge in [-0.1, -0.05) is 36.7 Å². The van der Waals surface area contributed by atoms with Crippen LogP contribution >= 0.6 is 11.6 Å². The van der Waals surface area contributed by atoms with Crippen molar-refractivity contribution in [1.82, 2.24) is 4.57 Å². The summed E-state index contributed by atoms with van der Waals surface area (Å²) in [6, 6.07) is 12.2. The largest absolute Gasteiger partial charge is 0.495 e. The minimum atomic E-state index is -0.930. The highest BCUT2D eigenvalue weighted by Crippen LogP contribution is 2.39. The summed E-state index contributed by atoms with van der Waals surface area (Å²) in [6.07, 6.45) is 0.403. The lowest BCUT2D eigenvalue weighted by molar-refractivity contribution is -0.138. The molecule has 0 amide bonds. The molecule has 0 radical (unpaired) electrons. The average Bonchev–Trinajstić information content (AvgIpc) is 2.93. The summed E-state index contributed by atoms with van der Waals surface area (Å²) < 4.78 is 6.84. The second-order valence-corrected chi connectivity index (χ2v) is 6.72. The molecule has 2 aromatic carbocycles. The van der Waals surface area contributed by atoms with Crippen molar-refractivity contribution in [3.05, 3.63) is 64.3 Å². The molecule has 0 saturated carbocycles. The van der Waals surface area contributed by atoms with E-state index in [1.54, 1.807) is 43.3 Å². The zero-order valence-corrected chi connectivity index (χ0v) is 16.1. The number of fused-ring (bicyclic) bond motifs is 1. The molecule has 0 bridgehead atoms.